The van der Waals surface area contributed by atoms with Gasteiger partial charge in [0, 0.05) is 0 Å². The number of allylic oxidation sites excluding steroid dienone is 3. The average molecular weight is 274 g/mol. The van der Waals surface area contributed by atoms with Crippen molar-refractivity contribution in [2.45, 2.75) is 19.0 Å². The van der Waals surface area contributed by atoms with Gasteiger partial charge in [-0.05, 0) is 59.7 Å². The zero-order valence-corrected chi connectivity index (χ0v) is 8.91. The van der Waals surface area contributed by atoms with Crippen LogP contribution in [0.3, 0.4) is 0 Å². The largest absolute Gasteiger partial charge is 0.292 e. The summed E-state index contributed by atoms with van der Waals surface area (Å²) in [6.45, 7) is 1.08. The fourth-order valence-corrected chi connectivity index (χ4v) is 1.94. The van der Waals surface area contributed by atoms with Gasteiger partial charge in [-0.25, -0.2) is 0 Å². The number of hydrogen-bond acceptors (Lipinski definition) is 2. The van der Waals surface area contributed by atoms with Crippen molar-refractivity contribution >= 4 is 26.3 Å². The Kier molecular flexibility index (Phi) is 2.60. The summed E-state index contributed by atoms with van der Waals surface area (Å²) in [4.78, 5) is 4.49. The summed E-state index contributed by atoms with van der Waals surface area (Å²) in [6.07, 6.45) is 9.09. The van der Waals surface area contributed by atoms with Gasteiger partial charge >= 0.3 is 0 Å². The van der Waals surface area contributed by atoms with Gasteiger partial charge in [0.1, 0.15) is 6.17 Å². The Morgan fingerprint density at radius 1 is 1.50 bits per heavy atom. The van der Waals surface area contributed by atoms with E-state index in [0.29, 0.717) is 0 Å². The highest BCUT2D eigenvalue weighted by Gasteiger charge is 2.10. The van der Waals surface area contributed by atoms with Crippen molar-refractivity contribution in [3.8, 4) is 0 Å². The van der Waals surface area contributed by atoms with Crippen LogP contribution in [-0.2, 0) is 0 Å². The summed E-state index contributed by atoms with van der Waals surface area (Å²) in [6, 6.07) is 0. The summed E-state index contributed by atoms with van der Waals surface area (Å²) in [5.74, 6) is 0. The van der Waals surface area contributed by atoms with Crippen LogP contribution in [0.2, 0.25) is 0 Å². The van der Waals surface area contributed by atoms with Gasteiger partial charge in [0.15, 0.2) is 0 Å². The fraction of sp³-hybridized carbons (Fsp3) is 0.444. The van der Waals surface area contributed by atoms with Crippen LogP contribution in [0.5, 0.6) is 0 Å². The Balaban J connectivity index is 2.27. The number of hydrogen-bond donors (Lipinski definition) is 1. The van der Waals surface area contributed by atoms with Gasteiger partial charge in [-0.15, -0.1) is 0 Å². The van der Waals surface area contributed by atoms with E-state index in [1.807, 2.05) is 0 Å². The van der Waals surface area contributed by atoms with Crippen molar-refractivity contribution in [3.05, 3.63) is 23.8 Å². The smallest absolute Gasteiger partial charge is 0.120 e. The molecule has 1 atom stereocenters. The molecule has 0 aromatic rings. The summed E-state index contributed by atoms with van der Waals surface area (Å²) in [5, 5.41) is 3.37. The zero-order valence-electron chi connectivity index (χ0n) is 6.76. The molecule has 2 aliphatic rings. The molecule has 1 unspecified atom stereocenters. The maximum atomic E-state index is 4.49. The second kappa shape index (κ2) is 3.70. The Labute approximate surface area is 86.0 Å². The summed E-state index contributed by atoms with van der Waals surface area (Å²) in [5.41, 5.74) is 1.42. The number of rotatable bonds is 0. The van der Waals surface area contributed by atoms with Gasteiger partial charge < -0.3 is 0 Å². The van der Waals surface area contributed by atoms with Crippen LogP contribution in [0, 0.1) is 0 Å². The van der Waals surface area contributed by atoms with Gasteiger partial charge in [0.2, 0.25) is 0 Å². The topological polar surface area (TPSA) is 24.4 Å². The monoisotopic (exact) mass is 274 g/mol. The summed E-state index contributed by atoms with van der Waals surface area (Å²) in [7, 11) is 0. The molecule has 1 N–H and O–H groups in total. The summed E-state index contributed by atoms with van der Waals surface area (Å²) >= 11 is 2.26. The van der Waals surface area contributed by atoms with Gasteiger partial charge in [0.05, 0.1) is 3.72 Å². The molecule has 0 radical (unpaired) electrons. The Morgan fingerprint density at radius 3 is 3.33 bits per heavy atom. The highest BCUT2D eigenvalue weighted by molar-refractivity contribution is 14.1. The molecule has 2 bridgehead atoms. The van der Waals surface area contributed by atoms with E-state index in [9.17, 15) is 0 Å². The van der Waals surface area contributed by atoms with E-state index in [1.54, 1.807) is 0 Å². The van der Waals surface area contributed by atoms with E-state index in [-0.39, 0.29) is 6.17 Å². The maximum absolute atomic E-state index is 4.49. The molecule has 3 heteroatoms. The van der Waals surface area contributed by atoms with E-state index in [2.05, 4.69) is 51.1 Å². The first-order chi connectivity index (χ1) is 5.84. The highest BCUT2D eigenvalue weighted by Crippen LogP contribution is 2.16. The number of nitrogens with zero attached hydrogens (tertiary/aromatic N) is 1. The van der Waals surface area contributed by atoms with Crippen LogP contribution in [0.4, 0.5) is 0 Å². The molecule has 0 amide bonds. The van der Waals surface area contributed by atoms with Crippen molar-refractivity contribution in [1.82, 2.24) is 5.32 Å². The molecule has 0 aromatic heterocycles. The van der Waals surface area contributed by atoms with Crippen molar-refractivity contribution in [2.24, 2.45) is 4.99 Å². The third-order valence-corrected chi connectivity index (χ3v) is 2.70. The first-order valence-electron chi connectivity index (χ1n) is 4.20. The lowest BCUT2D eigenvalue weighted by molar-refractivity contribution is 0.613. The molecular formula is C9H11IN2. The van der Waals surface area contributed by atoms with Crippen molar-refractivity contribution < 1.29 is 0 Å². The second-order valence-electron chi connectivity index (χ2n) is 3.03. The van der Waals surface area contributed by atoms with Crippen LogP contribution in [0.1, 0.15) is 12.8 Å². The second-order valence-corrected chi connectivity index (χ2v) is 4.13. The van der Waals surface area contributed by atoms with Crippen LogP contribution in [0.15, 0.2) is 28.8 Å². The first kappa shape index (κ1) is 8.44. The van der Waals surface area contributed by atoms with Gasteiger partial charge in [0.25, 0.3) is 0 Å². The Hall–Kier alpha value is -0.160. The first-order valence-corrected chi connectivity index (χ1v) is 5.28. The van der Waals surface area contributed by atoms with E-state index >= 15 is 0 Å². The van der Waals surface area contributed by atoms with Gasteiger partial charge in [-0.2, -0.15) is 0 Å². The quantitative estimate of drug-likeness (QED) is 0.671. The van der Waals surface area contributed by atoms with E-state index in [4.69, 9.17) is 0 Å². The SMILES string of the molecule is IC1=NC2C=C(C=C1)CCCN2. The van der Waals surface area contributed by atoms with Crippen molar-refractivity contribution in [2.75, 3.05) is 6.54 Å². The normalized spacial score (nSPS) is 28.6. The minimum Gasteiger partial charge on any atom is -0.292 e. The van der Waals surface area contributed by atoms with Crippen molar-refractivity contribution in [3.63, 3.8) is 0 Å². The molecule has 0 spiro atoms. The Morgan fingerprint density at radius 2 is 2.42 bits per heavy atom. The molecule has 0 saturated heterocycles. The molecule has 0 fully saturated rings. The number of halogens is 1. The third kappa shape index (κ3) is 1.95. The minimum absolute atomic E-state index is 0.212. The van der Waals surface area contributed by atoms with Crippen LogP contribution in [0.25, 0.3) is 0 Å². The molecule has 0 aromatic carbocycles. The molecule has 0 aliphatic carbocycles. The number of nitrogens with one attached hydrogen (secondary N) is 1. The molecule has 2 aliphatic heterocycles. The highest BCUT2D eigenvalue weighted by atomic mass is 127. The standard InChI is InChI=1S/C9H11IN2/c10-8-4-3-7-2-1-5-11-9(6-7)12-8/h3-4,6,9,11H,1-2,5H2. The lowest BCUT2D eigenvalue weighted by atomic mass is 10.1. The Bertz CT molecular complexity index is 266. The van der Waals surface area contributed by atoms with Gasteiger partial charge in [-0.3, -0.25) is 10.3 Å². The molecule has 2 rings (SSSR count). The fourth-order valence-electron chi connectivity index (χ4n) is 1.46. The lowest BCUT2D eigenvalue weighted by Gasteiger charge is -2.06. The molecule has 2 nitrogen and oxygen atoms in total. The van der Waals surface area contributed by atoms with E-state index in [0.717, 1.165) is 10.3 Å². The summed E-state index contributed by atoms with van der Waals surface area (Å²) < 4.78 is 1.08. The number of fused-ring (bicyclic) bond motifs is 1. The van der Waals surface area contributed by atoms with Crippen LogP contribution >= 0.6 is 22.6 Å². The molecular weight excluding hydrogens is 263 g/mol. The molecule has 64 valence electrons. The van der Waals surface area contributed by atoms with E-state index in [1.165, 1.54) is 18.4 Å². The maximum Gasteiger partial charge on any atom is 0.120 e. The van der Waals surface area contributed by atoms with Crippen LogP contribution < -0.4 is 5.32 Å². The predicted molar refractivity (Wildman–Crippen MR) is 59.7 cm³/mol. The van der Waals surface area contributed by atoms with Crippen LogP contribution in [-0.4, -0.2) is 16.4 Å². The minimum atomic E-state index is 0.212. The molecule has 2 heterocycles. The average Bonchev–Trinajstić information content (AvgIpc) is 2.35. The van der Waals surface area contributed by atoms with E-state index < -0.39 is 0 Å². The lowest BCUT2D eigenvalue weighted by Crippen LogP contribution is -2.25. The molecule has 12 heavy (non-hydrogen) atoms. The molecule has 0 saturated carbocycles. The number of aliphatic imine (C=N–C) groups is 1. The zero-order chi connectivity index (χ0) is 8.39. The predicted octanol–water partition coefficient (Wildman–Crippen LogP) is 2.03. The van der Waals surface area contributed by atoms with Crippen molar-refractivity contribution in [1.29, 1.82) is 0 Å². The third-order valence-electron chi connectivity index (χ3n) is 2.07. The van der Waals surface area contributed by atoms with Gasteiger partial charge in [-0.1, -0.05) is 6.08 Å².